The Balaban J connectivity index is 1.31. The SMILES string of the molecule is Cc1ccc(C(=O)N2CCC3(CC2)C(=O)N(CC(=O)NC(C)c2ccccc2)CN3c2ccccc2)cc1. The van der Waals surface area contributed by atoms with Crippen molar-refractivity contribution in [2.45, 2.75) is 38.3 Å². The van der Waals surface area contributed by atoms with Gasteiger partial charge in [-0.05, 0) is 56.5 Å². The van der Waals surface area contributed by atoms with Crippen LogP contribution >= 0.6 is 0 Å². The highest BCUT2D eigenvalue weighted by Gasteiger charge is 2.54. The lowest BCUT2D eigenvalue weighted by atomic mass is 9.85. The van der Waals surface area contributed by atoms with Gasteiger partial charge in [-0.3, -0.25) is 14.4 Å². The second-order valence-corrected chi connectivity index (χ2v) is 10.3. The van der Waals surface area contributed by atoms with Gasteiger partial charge in [-0.15, -0.1) is 0 Å². The molecule has 2 aliphatic rings. The number of nitrogens with one attached hydrogen (secondary N) is 1. The van der Waals surface area contributed by atoms with Gasteiger partial charge in [0.05, 0.1) is 12.7 Å². The van der Waals surface area contributed by atoms with Crippen molar-refractivity contribution in [1.29, 1.82) is 0 Å². The summed E-state index contributed by atoms with van der Waals surface area (Å²) in [6.07, 6.45) is 1.02. The smallest absolute Gasteiger partial charge is 0.253 e. The molecule has 0 saturated carbocycles. The van der Waals surface area contributed by atoms with E-state index in [1.165, 1.54) is 0 Å². The molecular weight excluding hydrogens is 476 g/mol. The summed E-state index contributed by atoms with van der Waals surface area (Å²) in [4.78, 5) is 45.7. The number of likely N-dealkylation sites (tertiary alicyclic amines) is 1. The summed E-state index contributed by atoms with van der Waals surface area (Å²) in [5, 5.41) is 3.03. The molecule has 3 amide bonds. The third kappa shape index (κ3) is 5.01. The predicted molar refractivity (Wildman–Crippen MR) is 148 cm³/mol. The summed E-state index contributed by atoms with van der Waals surface area (Å²) in [6.45, 7) is 5.23. The van der Waals surface area contributed by atoms with Crippen LogP contribution in [0.1, 0.15) is 47.3 Å². The normalized spacial score (nSPS) is 17.5. The Morgan fingerprint density at radius 1 is 0.895 bits per heavy atom. The first kappa shape index (κ1) is 25.5. The minimum atomic E-state index is -0.781. The Labute approximate surface area is 224 Å². The standard InChI is InChI=1S/C31H34N4O3/c1-23-13-15-26(16-14-23)29(37)33-19-17-31(18-20-33)30(38)34(22-35(31)27-11-7-4-8-12-27)21-28(36)32-24(2)25-9-5-3-6-10-25/h3-16,24H,17-22H2,1-2H3,(H,32,36). The van der Waals surface area contributed by atoms with Crippen molar-refractivity contribution in [2.24, 2.45) is 0 Å². The lowest BCUT2D eigenvalue weighted by Gasteiger charge is -2.43. The number of carbonyl (C=O) groups is 3. The maximum atomic E-state index is 13.9. The maximum absolute atomic E-state index is 13.9. The van der Waals surface area contributed by atoms with Crippen LogP contribution in [0.2, 0.25) is 0 Å². The van der Waals surface area contributed by atoms with Gasteiger partial charge in [-0.25, -0.2) is 0 Å². The van der Waals surface area contributed by atoms with E-state index in [-0.39, 0.29) is 30.3 Å². The average molecular weight is 511 g/mol. The highest BCUT2D eigenvalue weighted by Crippen LogP contribution is 2.39. The zero-order chi connectivity index (χ0) is 26.7. The molecule has 38 heavy (non-hydrogen) atoms. The molecule has 7 heteroatoms. The van der Waals surface area contributed by atoms with Crippen molar-refractivity contribution >= 4 is 23.4 Å². The molecule has 2 aliphatic heterocycles. The highest BCUT2D eigenvalue weighted by molar-refractivity contribution is 5.97. The second kappa shape index (κ2) is 10.7. The Morgan fingerprint density at radius 3 is 2.13 bits per heavy atom. The first-order valence-corrected chi connectivity index (χ1v) is 13.2. The molecule has 0 bridgehead atoms. The van der Waals surface area contributed by atoms with Gasteiger partial charge in [-0.2, -0.15) is 0 Å². The van der Waals surface area contributed by atoms with Crippen LogP contribution in [0.5, 0.6) is 0 Å². The van der Waals surface area contributed by atoms with Crippen molar-refractivity contribution in [1.82, 2.24) is 15.1 Å². The van der Waals surface area contributed by atoms with E-state index in [0.29, 0.717) is 38.2 Å². The van der Waals surface area contributed by atoms with E-state index in [9.17, 15) is 14.4 Å². The number of aryl methyl sites for hydroxylation is 1. The Morgan fingerprint density at radius 2 is 1.50 bits per heavy atom. The fourth-order valence-electron chi connectivity index (χ4n) is 5.57. The fourth-order valence-corrected chi connectivity index (χ4v) is 5.57. The number of anilines is 1. The summed E-state index contributed by atoms with van der Waals surface area (Å²) < 4.78 is 0. The molecule has 2 saturated heterocycles. The molecule has 1 N–H and O–H groups in total. The zero-order valence-electron chi connectivity index (χ0n) is 22.0. The van der Waals surface area contributed by atoms with Gasteiger partial charge in [0.25, 0.3) is 11.8 Å². The first-order chi connectivity index (χ1) is 18.4. The number of rotatable bonds is 6. The molecule has 2 heterocycles. The van der Waals surface area contributed by atoms with Gasteiger partial charge in [-0.1, -0.05) is 66.2 Å². The third-order valence-corrected chi connectivity index (χ3v) is 7.77. The molecule has 1 spiro atoms. The number of amides is 3. The molecule has 196 valence electrons. The molecule has 0 radical (unpaired) electrons. The Hall–Kier alpha value is -4.13. The van der Waals surface area contributed by atoms with Gasteiger partial charge in [0.15, 0.2) is 0 Å². The van der Waals surface area contributed by atoms with E-state index in [0.717, 1.165) is 16.8 Å². The largest absolute Gasteiger partial charge is 0.348 e. The number of hydrogen-bond donors (Lipinski definition) is 1. The van der Waals surface area contributed by atoms with Crippen LogP contribution in [0.4, 0.5) is 5.69 Å². The minimum absolute atomic E-state index is 0.00684. The van der Waals surface area contributed by atoms with Crippen molar-refractivity contribution in [3.8, 4) is 0 Å². The number of benzene rings is 3. The van der Waals surface area contributed by atoms with E-state index < -0.39 is 5.54 Å². The zero-order valence-corrected chi connectivity index (χ0v) is 22.0. The first-order valence-electron chi connectivity index (χ1n) is 13.2. The van der Waals surface area contributed by atoms with Crippen molar-refractivity contribution in [2.75, 3.05) is 31.2 Å². The number of para-hydroxylation sites is 1. The molecule has 3 aromatic rings. The Kier molecular flexibility index (Phi) is 7.18. The predicted octanol–water partition coefficient (Wildman–Crippen LogP) is 4.15. The van der Waals surface area contributed by atoms with Gasteiger partial charge in [0.2, 0.25) is 5.91 Å². The molecule has 7 nitrogen and oxygen atoms in total. The monoisotopic (exact) mass is 510 g/mol. The van der Waals surface area contributed by atoms with Crippen LogP contribution in [-0.2, 0) is 9.59 Å². The third-order valence-electron chi connectivity index (χ3n) is 7.77. The number of hydrogen-bond acceptors (Lipinski definition) is 4. The van der Waals surface area contributed by atoms with Gasteiger partial charge in [0, 0.05) is 24.3 Å². The van der Waals surface area contributed by atoms with Gasteiger partial charge < -0.3 is 20.0 Å². The molecule has 1 atom stereocenters. The van der Waals surface area contributed by atoms with E-state index in [4.69, 9.17) is 0 Å². The van der Waals surface area contributed by atoms with Crippen LogP contribution in [0.15, 0.2) is 84.9 Å². The molecule has 5 rings (SSSR count). The number of piperidine rings is 1. The summed E-state index contributed by atoms with van der Waals surface area (Å²) >= 11 is 0. The number of nitrogens with zero attached hydrogens (tertiary/aromatic N) is 3. The highest BCUT2D eigenvalue weighted by atomic mass is 16.2. The lowest BCUT2D eigenvalue weighted by Crippen LogP contribution is -2.57. The summed E-state index contributed by atoms with van der Waals surface area (Å²) in [5.74, 6) is -0.249. The summed E-state index contributed by atoms with van der Waals surface area (Å²) in [5.41, 5.74) is 2.95. The van der Waals surface area contributed by atoms with Gasteiger partial charge >= 0.3 is 0 Å². The topological polar surface area (TPSA) is 73.0 Å². The van der Waals surface area contributed by atoms with E-state index >= 15 is 0 Å². The van der Waals surface area contributed by atoms with Crippen molar-refractivity contribution in [3.63, 3.8) is 0 Å². The number of carbonyl (C=O) groups excluding carboxylic acids is 3. The molecular formula is C31H34N4O3. The Bertz CT molecular complexity index is 1290. The maximum Gasteiger partial charge on any atom is 0.253 e. The molecule has 2 fully saturated rings. The van der Waals surface area contributed by atoms with Crippen LogP contribution in [-0.4, -0.2) is 59.4 Å². The van der Waals surface area contributed by atoms with E-state index in [2.05, 4.69) is 10.2 Å². The van der Waals surface area contributed by atoms with E-state index in [1.54, 1.807) is 4.90 Å². The average Bonchev–Trinajstić information content (AvgIpc) is 3.20. The fraction of sp³-hybridized carbons (Fsp3) is 0.323. The van der Waals surface area contributed by atoms with E-state index in [1.807, 2.05) is 104 Å². The summed E-state index contributed by atoms with van der Waals surface area (Å²) in [7, 11) is 0. The van der Waals surface area contributed by atoms with Crippen LogP contribution in [0.25, 0.3) is 0 Å². The lowest BCUT2D eigenvalue weighted by molar-refractivity contribution is -0.137. The second-order valence-electron chi connectivity index (χ2n) is 10.3. The van der Waals surface area contributed by atoms with Crippen LogP contribution in [0.3, 0.4) is 0 Å². The molecule has 0 aliphatic carbocycles. The quantitative estimate of drug-likeness (QED) is 0.541. The summed E-state index contributed by atoms with van der Waals surface area (Å²) in [6, 6.07) is 27.1. The van der Waals surface area contributed by atoms with Crippen molar-refractivity contribution in [3.05, 3.63) is 102 Å². The molecule has 3 aromatic carbocycles. The van der Waals surface area contributed by atoms with Crippen LogP contribution in [0, 0.1) is 6.92 Å². The van der Waals surface area contributed by atoms with Crippen LogP contribution < -0.4 is 10.2 Å². The molecule has 1 unspecified atom stereocenters. The van der Waals surface area contributed by atoms with Gasteiger partial charge in [0.1, 0.15) is 12.1 Å². The van der Waals surface area contributed by atoms with Crippen molar-refractivity contribution < 1.29 is 14.4 Å². The minimum Gasteiger partial charge on any atom is -0.348 e. The molecule has 0 aromatic heterocycles.